The van der Waals surface area contributed by atoms with Crippen LogP contribution in [-0.2, 0) is 13.2 Å². The summed E-state index contributed by atoms with van der Waals surface area (Å²) >= 11 is 0. The predicted molar refractivity (Wildman–Crippen MR) is 58.4 cm³/mol. The van der Waals surface area contributed by atoms with Crippen LogP contribution in [0.15, 0.2) is 24.4 Å². The van der Waals surface area contributed by atoms with Crippen LogP contribution in [0, 0.1) is 0 Å². The van der Waals surface area contributed by atoms with Gasteiger partial charge in [-0.25, -0.2) is 4.79 Å². The normalized spacial score (nSPS) is 11.6. The molecule has 0 bridgehead atoms. The summed E-state index contributed by atoms with van der Waals surface area (Å²) in [5.74, 6) is -1.17. The topological polar surface area (TPSA) is 68.0 Å². The Hall–Kier alpha value is -2.38. The van der Waals surface area contributed by atoms with Crippen molar-refractivity contribution in [1.82, 2.24) is 14.8 Å². The molecule has 0 aliphatic rings. The van der Waals surface area contributed by atoms with Gasteiger partial charge in [0.05, 0.1) is 11.3 Å². The van der Waals surface area contributed by atoms with Gasteiger partial charge in [0, 0.05) is 19.3 Å². The highest BCUT2D eigenvalue weighted by atomic mass is 19.4. The van der Waals surface area contributed by atoms with E-state index in [4.69, 9.17) is 5.11 Å². The Labute approximate surface area is 105 Å². The maximum atomic E-state index is 12.4. The van der Waals surface area contributed by atoms with E-state index in [0.29, 0.717) is 6.20 Å². The molecule has 2 aromatic rings. The SMILES string of the molecule is Cn1nc(-c2ccc(C(F)(F)F)cn2)cc1C(=O)O. The predicted octanol–water partition coefficient (Wildman–Crippen LogP) is 2.20. The van der Waals surface area contributed by atoms with Gasteiger partial charge in [-0.3, -0.25) is 9.67 Å². The van der Waals surface area contributed by atoms with E-state index in [1.165, 1.54) is 13.1 Å². The fourth-order valence-corrected chi connectivity index (χ4v) is 1.51. The maximum absolute atomic E-state index is 12.4. The highest BCUT2D eigenvalue weighted by Gasteiger charge is 2.30. The molecule has 0 aliphatic heterocycles. The van der Waals surface area contributed by atoms with Gasteiger partial charge in [-0.15, -0.1) is 0 Å². The number of aromatic nitrogens is 3. The van der Waals surface area contributed by atoms with Crippen molar-refractivity contribution in [2.45, 2.75) is 6.18 Å². The van der Waals surface area contributed by atoms with Crippen LogP contribution in [-0.4, -0.2) is 25.8 Å². The number of aromatic carboxylic acids is 1. The Kier molecular flexibility index (Phi) is 3.01. The van der Waals surface area contributed by atoms with E-state index in [1.807, 2.05) is 0 Å². The van der Waals surface area contributed by atoms with E-state index in [9.17, 15) is 18.0 Å². The van der Waals surface area contributed by atoms with E-state index in [1.54, 1.807) is 0 Å². The van der Waals surface area contributed by atoms with Crippen LogP contribution in [0.5, 0.6) is 0 Å². The lowest BCUT2D eigenvalue weighted by Gasteiger charge is -2.05. The van der Waals surface area contributed by atoms with Gasteiger partial charge in [-0.05, 0) is 12.1 Å². The van der Waals surface area contributed by atoms with Gasteiger partial charge in [-0.2, -0.15) is 18.3 Å². The monoisotopic (exact) mass is 271 g/mol. The number of pyridine rings is 1. The van der Waals surface area contributed by atoms with Crippen molar-refractivity contribution in [3.8, 4) is 11.4 Å². The average Bonchev–Trinajstić information content (AvgIpc) is 2.70. The molecule has 100 valence electrons. The molecule has 0 radical (unpaired) electrons. The first-order chi connectivity index (χ1) is 8.79. The molecule has 8 heteroatoms. The second-order valence-electron chi connectivity index (χ2n) is 3.77. The molecule has 19 heavy (non-hydrogen) atoms. The summed E-state index contributed by atoms with van der Waals surface area (Å²) in [6.45, 7) is 0. The molecular weight excluding hydrogens is 263 g/mol. The first-order valence-corrected chi connectivity index (χ1v) is 5.10. The number of rotatable bonds is 2. The van der Waals surface area contributed by atoms with Crippen LogP contribution in [0.1, 0.15) is 16.1 Å². The van der Waals surface area contributed by atoms with Crippen molar-refractivity contribution in [3.63, 3.8) is 0 Å². The van der Waals surface area contributed by atoms with E-state index < -0.39 is 17.7 Å². The Balaban J connectivity index is 2.38. The Morgan fingerprint density at radius 3 is 2.42 bits per heavy atom. The number of carbonyl (C=O) groups is 1. The van der Waals surface area contributed by atoms with Crippen molar-refractivity contribution in [2.75, 3.05) is 0 Å². The molecule has 0 unspecified atom stereocenters. The van der Waals surface area contributed by atoms with Gasteiger partial charge < -0.3 is 5.11 Å². The summed E-state index contributed by atoms with van der Waals surface area (Å²) in [5.41, 5.74) is -0.563. The first-order valence-electron chi connectivity index (χ1n) is 5.10. The number of nitrogens with zero attached hydrogens (tertiary/aromatic N) is 3. The zero-order valence-corrected chi connectivity index (χ0v) is 9.64. The Bertz CT molecular complexity index is 617. The number of carboxylic acids is 1. The minimum Gasteiger partial charge on any atom is -0.477 e. The second kappa shape index (κ2) is 4.38. The highest BCUT2D eigenvalue weighted by Crippen LogP contribution is 2.29. The lowest BCUT2D eigenvalue weighted by molar-refractivity contribution is -0.137. The molecule has 0 aliphatic carbocycles. The third kappa shape index (κ3) is 2.56. The number of halogens is 3. The van der Waals surface area contributed by atoms with Crippen molar-refractivity contribution < 1.29 is 23.1 Å². The van der Waals surface area contributed by atoms with Crippen LogP contribution < -0.4 is 0 Å². The molecule has 2 heterocycles. The third-order valence-electron chi connectivity index (χ3n) is 2.45. The van der Waals surface area contributed by atoms with Crippen LogP contribution >= 0.6 is 0 Å². The summed E-state index contributed by atoms with van der Waals surface area (Å²) < 4.78 is 38.2. The summed E-state index contributed by atoms with van der Waals surface area (Å²) in [6.07, 6.45) is -3.77. The van der Waals surface area contributed by atoms with Crippen molar-refractivity contribution >= 4 is 5.97 Å². The van der Waals surface area contributed by atoms with Crippen molar-refractivity contribution in [1.29, 1.82) is 0 Å². The van der Waals surface area contributed by atoms with Crippen LogP contribution in [0.4, 0.5) is 13.2 Å². The summed E-state index contributed by atoms with van der Waals surface area (Å²) in [7, 11) is 1.43. The van der Waals surface area contributed by atoms with Crippen LogP contribution in [0.25, 0.3) is 11.4 Å². The molecule has 0 spiro atoms. The van der Waals surface area contributed by atoms with Gasteiger partial charge in [0.25, 0.3) is 0 Å². The van der Waals surface area contributed by atoms with Gasteiger partial charge >= 0.3 is 12.1 Å². The molecule has 0 atom stereocenters. The lowest BCUT2D eigenvalue weighted by atomic mass is 10.2. The minimum atomic E-state index is -4.46. The van der Waals surface area contributed by atoms with Gasteiger partial charge in [-0.1, -0.05) is 0 Å². The number of alkyl halides is 3. The zero-order chi connectivity index (χ0) is 14.2. The average molecular weight is 271 g/mol. The fourth-order valence-electron chi connectivity index (χ4n) is 1.51. The van der Waals surface area contributed by atoms with E-state index in [0.717, 1.165) is 16.8 Å². The number of hydrogen-bond acceptors (Lipinski definition) is 3. The lowest BCUT2D eigenvalue weighted by Crippen LogP contribution is -2.05. The molecule has 0 amide bonds. The smallest absolute Gasteiger partial charge is 0.417 e. The van der Waals surface area contributed by atoms with Gasteiger partial charge in [0.1, 0.15) is 11.4 Å². The quantitative estimate of drug-likeness (QED) is 0.909. The van der Waals surface area contributed by atoms with Gasteiger partial charge in [0.15, 0.2) is 0 Å². The number of aryl methyl sites for hydroxylation is 1. The fraction of sp³-hybridized carbons (Fsp3) is 0.182. The third-order valence-corrected chi connectivity index (χ3v) is 2.45. The Morgan fingerprint density at radius 1 is 1.32 bits per heavy atom. The first kappa shape index (κ1) is 13.1. The van der Waals surface area contributed by atoms with Crippen molar-refractivity contribution in [3.05, 3.63) is 35.7 Å². The molecule has 0 saturated heterocycles. The summed E-state index contributed by atoms with van der Waals surface area (Å²) in [4.78, 5) is 14.5. The van der Waals surface area contributed by atoms with Crippen LogP contribution in [0.3, 0.4) is 0 Å². The largest absolute Gasteiger partial charge is 0.477 e. The molecule has 5 nitrogen and oxygen atoms in total. The van der Waals surface area contributed by atoms with Crippen LogP contribution in [0.2, 0.25) is 0 Å². The molecular formula is C11H8F3N3O2. The summed E-state index contributed by atoms with van der Waals surface area (Å²) in [5, 5.41) is 12.7. The Morgan fingerprint density at radius 2 is 2.00 bits per heavy atom. The highest BCUT2D eigenvalue weighted by molar-refractivity contribution is 5.87. The molecule has 0 fully saturated rings. The molecule has 0 aromatic carbocycles. The maximum Gasteiger partial charge on any atom is 0.417 e. The standard InChI is InChI=1S/C11H8F3N3O2/c1-17-9(10(18)19)4-8(16-17)7-3-2-6(5-15-7)11(12,13)14/h2-5H,1H3,(H,18,19). The number of hydrogen-bond donors (Lipinski definition) is 1. The van der Waals surface area contributed by atoms with E-state index >= 15 is 0 Å². The van der Waals surface area contributed by atoms with E-state index in [-0.39, 0.29) is 17.1 Å². The molecule has 2 rings (SSSR count). The minimum absolute atomic E-state index is 0.0725. The number of carboxylic acid groups (broad SMARTS) is 1. The van der Waals surface area contributed by atoms with E-state index in [2.05, 4.69) is 10.1 Å². The molecule has 0 saturated carbocycles. The molecule has 2 aromatic heterocycles. The second-order valence-corrected chi connectivity index (χ2v) is 3.77. The van der Waals surface area contributed by atoms with Gasteiger partial charge in [0.2, 0.25) is 0 Å². The molecule has 1 N–H and O–H groups in total. The zero-order valence-electron chi connectivity index (χ0n) is 9.64. The summed E-state index contributed by atoms with van der Waals surface area (Å²) in [6, 6.07) is 3.27. The van der Waals surface area contributed by atoms with Crippen molar-refractivity contribution in [2.24, 2.45) is 7.05 Å².